The summed E-state index contributed by atoms with van der Waals surface area (Å²) in [6.45, 7) is 6.15. The van der Waals surface area contributed by atoms with Crippen molar-refractivity contribution < 1.29 is 0 Å². The molecule has 1 aromatic heterocycles. The molecule has 0 bridgehead atoms. The highest BCUT2D eigenvalue weighted by atomic mass is 35.5. The fraction of sp³-hybridized carbons (Fsp3) is 0.667. The number of hydrogen-bond donors (Lipinski definition) is 1. The van der Waals surface area contributed by atoms with Gasteiger partial charge in [0.2, 0.25) is 0 Å². The maximum atomic E-state index is 6.35. The molecule has 0 unspecified atom stereocenters. The zero-order valence-corrected chi connectivity index (χ0v) is 12.9. The molecule has 0 atom stereocenters. The largest absolute Gasteiger partial charge is 0.358 e. The summed E-state index contributed by atoms with van der Waals surface area (Å²) in [6.07, 6.45) is 5.99. The van der Waals surface area contributed by atoms with E-state index in [9.17, 15) is 0 Å². The lowest BCUT2D eigenvalue weighted by atomic mass is 9.85. The minimum absolute atomic E-state index is 0.472. The van der Waals surface area contributed by atoms with E-state index >= 15 is 0 Å². The molecule has 1 N–H and O–H groups in total. The van der Waals surface area contributed by atoms with Crippen LogP contribution in [0, 0.1) is 5.92 Å². The lowest BCUT2D eigenvalue weighted by molar-refractivity contribution is 0.321. The van der Waals surface area contributed by atoms with Gasteiger partial charge in [-0.1, -0.05) is 31.9 Å². The highest BCUT2D eigenvalue weighted by Crippen LogP contribution is 2.30. The number of rotatable bonds is 6. The number of pyridine rings is 1. The number of hydrogen-bond acceptors (Lipinski definition) is 3. The van der Waals surface area contributed by atoms with Gasteiger partial charge in [0.25, 0.3) is 0 Å². The molecule has 2 rings (SSSR count). The third-order valence-corrected chi connectivity index (χ3v) is 3.99. The van der Waals surface area contributed by atoms with E-state index in [4.69, 9.17) is 11.6 Å². The summed E-state index contributed by atoms with van der Waals surface area (Å²) in [5.41, 5.74) is 1.14. The summed E-state index contributed by atoms with van der Waals surface area (Å²) in [4.78, 5) is 6.71. The summed E-state index contributed by atoms with van der Waals surface area (Å²) in [7, 11) is 2.08. The van der Waals surface area contributed by atoms with Crippen molar-refractivity contribution in [3.8, 4) is 0 Å². The second kappa shape index (κ2) is 6.58. The van der Waals surface area contributed by atoms with Gasteiger partial charge in [0.15, 0.2) is 0 Å². The second-order valence-corrected chi connectivity index (χ2v) is 6.27. The molecule has 3 nitrogen and oxygen atoms in total. The molecular formula is C15H24ClN3. The predicted molar refractivity (Wildman–Crippen MR) is 81.8 cm³/mol. The number of nitrogens with zero attached hydrogens (tertiary/aromatic N) is 2. The Morgan fingerprint density at radius 2 is 2.21 bits per heavy atom. The van der Waals surface area contributed by atoms with Gasteiger partial charge in [-0.05, 0) is 30.4 Å². The average molecular weight is 282 g/mol. The van der Waals surface area contributed by atoms with Crippen LogP contribution >= 0.6 is 11.6 Å². The Morgan fingerprint density at radius 1 is 1.47 bits per heavy atom. The molecular weight excluding hydrogens is 258 g/mol. The van der Waals surface area contributed by atoms with Gasteiger partial charge < -0.3 is 10.2 Å². The van der Waals surface area contributed by atoms with Crippen molar-refractivity contribution in [2.24, 2.45) is 5.92 Å². The molecule has 0 aromatic carbocycles. The molecule has 0 amide bonds. The third kappa shape index (κ3) is 4.08. The maximum absolute atomic E-state index is 6.35. The molecule has 0 spiro atoms. The molecule has 19 heavy (non-hydrogen) atoms. The molecule has 1 fully saturated rings. The molecule has 0 aliphatic heterocycles. The van der Waals surface area contributed by atoms with Gasteiger partial charge in [0, 0.05) is 32.4 Å². The fourth-order valence-corrected chi connectivity index (χ4v) is 2.65. The van der Waals surface area contributed by atoms with Gasteiger partial charge in [-0.25, -0.2) is 4.98 Å². The Hall–Kier alpha value is -0.800. The van der Waals surface area contributed by atoms with Crippen LogP contribution in [0.3, 0.4) is 0 Å². The minimum Gasteiger partial charge on any atom is -0.358 e. The molecule has 0 radical (unpaired) electrons. The van der Waals surface area contributed by atoms with Gasteiger partial charge in [-0.2, -0.15) is 0 Å². The van der Waals surface area contributed by atoms with Gasteiger partial charge >= 0.3 is 0 Å². The molecule has 1 aromatic rings. The molecule has 1 aliphatic rings. The van der Waals surface area contributed by atoms with E-state index in [0.29, 0.717) is 6.04 Å². The molecule has 0 saturated heterocycles. The van der Waals surface area contributed by atoms with Crippen LogP contribution in [-0.4, -0.2) is 24.6 Å². The van der Waals surface area contributed by atoms with Crippen molar-refractivity contribution in [2.75, 3.05) is 18.5 Å². The normalized spacial score (nSPS) is 15.6. The first-order valence-electron chi connectivity index (χ1n) is 7.15. The third-order valence-electron chi connectivity index (χ3n) is 3.71. The van der Waals surface area contributed by atoms with Crippen molar-refractivity contribution in [3.63, 3.8) is 0 Å². The van der Waals surface area contributed by atoms with Gasteiger partial charge in [0.05, 0.1) is 5.02 Å². The van der Waals surface area contributed by atoms with Crippen molar-refractivity contribution in [1.82, 2.24) is 10.3 Å². The van der Waals surface area contributed by atoms with E-state index < -0.39 is 0 Å². The van der Waals surface area contributed by atoms with Gasteiger partial charge in [-0.15, -0.1) is 0 Å². The Bertz CT molecular complexity index is 416. The van der Waals surface area contributed by atoms with Crippen molar-refractivity contribution in [3.05, 3.63) is 22.8 Å². The summed E-state index contributed by atoms with van der Waals surface area (Å²) in [5.74, 6) is 1.73. The van der Waals surface area contributed by atoms with Crippen LogP contribution in [0.4, 0.5) is 5.82 Å². The van der Waals surface area contributed by atoms with Crippen molar-refractivity contribution in [1.29, 1.82) is 0 Å². The first-order valence-corrected chi connectivity index (χ1v) is 7.53. The Morgan fingerprint density at radius 3 is 2.74 bits per heavy atom. The number of anilines is 1. The zero-order chi connectivity index (χ0) is 13.8. The first kappa shape index (κ1) is 14.6. The van der Waals surface area contributed by atoms with E-state index in [1.165, 1.54) is 19.3 Å². The molecule has 4 heteroatoms. The van der Waals surface area contributed by atoms with Crippen molar-refractivity contribution in [2.45, 2.75) is 45.7 Å². The SMILES string of the molecule is CC(C)NCc1cnc(N(C)CC2CCC2)c(Cl)c1. The van der Waals surface area contributed by atoms with Crippen LogP contribution in [0.15, 0.2) is 12.3 Å². The maximum Gasteiger partial charge on any atom is 0.147 e. The van der Waals surface area contributed by atoms with Crippen LogP contribution in [0.25, 0.3) is 0 Å². The van der Waals surface area contributed by atoms with Gasteiger partial charge in [0.1, 0.15) is 5.82 Å². The minimum atomic E-state index is 0.472. The topological polar surface area (TPSA) is 28.2 Å². The van der Waals surface area contributed by atoms with Crippen LogP contribution in [0.1, 0.15) is 38.7 Å². The predicted octanol–water partition coefficient (Wildman–Crippen LogP) is 3.47. The summed E-state index contributed by atoms with van der Waals surface area (Å²) >= 11 is 6.35. The first-order chi connectivity index (χ1) is 9.06. The Balaban J connectivity index is 1.97. The summed E-state index contributed by atoms with van der Waals surface area (Å²) in [5, 5.41) is 4.13. The lowest BCUT2D eigenvalue weighted by Gasteiger charge is -2.31. The van der Waals surface area contributed by atoms with Crippen LogP contribution in [-0.2, 0) is 6.54 Å². The highest BCUT2D eigenvalue weighted by molar-refractivity contribution is 6.33. The molecule has 1 heterocycles. The van der Waals surface area contributed by atoms with E-state index in [2.05, 4.69) is 36.1 Å². The lowest BCUT2D eigenvalue weighted by Crippen LogP contribution is -2.30. The van der Waals surface area contributed by atoms with E-state index in [1.54, 1.807) is 0 Å². The van der Waals surface area contributed by atoms with Crippen LogP contribution < -0.4 is 10.2 Å². The zero-order valence-electron chi connectivity index (χ0n) is 12.1. The monoisotopic (exact) mass is 281 g/mol. The molecule has 106 valence electrons. The van der Waals surface area contributed by atoms with E-state index in [-0.39, 0.29) is 0 Å². The number of halogens is 1. The Kier molecular flexibility index (Phi) is 5.06. The average Bonchev–Trinajstić information content (AvgIpc) is 2.31. The number of nitrogens with one attached hydrogen (secondary N) is 1. The van der Waals surface area contributed by atoms with E-state index in [0.717, 1.165) is 35.4 Å². The van der Waals surface area contributed by atoms with Gasteiger partial charge in [-0.3, -0.25) is 0 Å². The highest BCUT2D eigenvalue weighted by Gasteiger charge is 2.20. The number of aromatic nitrogens is 1. The Labute approximate surface area is 121 Å². The fourth-order valence-electron chi connectivity index (χ4n) is 2.32. The van der Waals surface area contributed by atoms with Crippen LogP contribution in [0.5, 0.6) is 0 Å². The summed E-state index contributed by atoms with van der Waals surface area (Å²) < 4.78 is 0. The molecule has 1 aliphatic carbocycles. The summed E-state index contributed by atoms with van der Waals surface area (Å²) in [6, 6.07) is 2.50. The quantitative estimate of drug-likeness (QED) is 0.865. The smallest absolute Gasteiger partial charge is 0.147 e. The van der Waals surface area contributed by atoms with Crippen LogP contribution in [0.2, 0.25) is 5.02 Å². The van der Waals surface area contributed by atoms with Crippen molar-refractivity contribution >= 4 is 17.4 Å². The second-order valence-electron chi connectivity index (χ2n) is 5.86. The van der Waals surface area contributed by atoms with E-state index in [1.807, 2.05) is 12.3 Å². The standard InChI is InChI=1S/C15H24ClN3/c1-11(2)17-8-13-7-14(16)15(18-9-13)19(3)10-12-5-4-6-12/h7,9,11-12,17H,4-6,8,10H2,1-3H3. The molecule has 1 saturated carbocycles.